The monoisotopic (exact) mass is 294 g/mol. The van der Waals surface area contributed by atoms with Crippen LogP contribution < -0.4 is 0 Å². The Bertz CT molecular complexity index is 552. The van der Waals surface area contributed by atoms with Gasteiger partial charge in [-0.05, 0) is 32.3 Å². The summed E-state index contributed by atoms with van der Waals surface area (Å²) in [6.45, 7) is 4.21. The van der Waals surface area contributed by atoms with Crippen molar-refractivity contribution in [3.05, 3.63) is 22.2 Å². The summed E-state index contributed by atoms with van der Waals surface area (Å²) >= 11 is 1.52. The van der Waals surface area contributed by atoms with E-state index in [1.54, 1.807) is 6.08 Å². The van der Waals surface area contributed by atoms with Crippen LogP contribution in [0.4, 0.5) is 0 Å². The predicted molar refractivity (Wildman–Crippen MR) is 77.5 cm³/mol. The Balaban J connectivity index is 2.16. The number of aryl methyl sites for hydroxylation is 1. The van der Waals surface area contributed by atoms with Gasteiger partial charge in [-0.1, -0.05) is 6.92 Å². The van der Waals surface area contributed by atoms with E-state index >= 15 is 0 Å². The van der Waals surface area contributed by atoms with Crippen LogP contribution in [0, 0.1) is 6.92 Å². The Labute approximate surface area is 121 Å². The number of hydrogen-bond acceptors (Lipinski definition) is 4. The van der Waals surface area contributed by atoms with E-state index in [4.69, 9.17) is 0 Å². The lowest BCUT2D eigenvalue weighted by molar-refractivity contribution is -0.155. The minimum Gasteiger partial charge on any atom is -0.479 e. The quantitative estimate of drug-likeness (QED) is 0.865. The second-order valence-electron chi connectivity index (χ2n) is 4.91. The standard InChI is InChI=1S/C14H18N2O3S/c1-3-14(13(18)19)7-4-8-16(14)12(17)6-5-11-9-20-10(2)15-11/h5-6,9H,3-4,7-8H2,1-2H3,(H,18,19)/b6-5+. The predicted octanol–water partition coefficient (Wildman–Crippen LogP) is 2.32. The molecule has 20 heavy (non-hydrogen) atoms. The molecule has 1 atom stereocenters. The molecule has 5 nitrogen and oxygen atoms in total. The molecule has 1 aromatic rings. The van der Waals surface area contributed by atoms with Gasteiger partial charge in [0.2, 0.25) is 5.91 Å². The van der Waals surface area contributed by atoms with Crippen molar-refractivity contribution in [2.75, 3.05) is 6.54 Å². The molecule has 1 amide bonds. The SMILES string of the molecule is CCC1(C(=O)O)CCCN1C(=O)/C=C/c1csc(C)n1. The number of carbonyl (C=O) groups excluding carboxylic acids is 1. The average Bonchev–Trinajstić information content (AvgIpc) is 3.02. The van der Waals surface area contributed by atoms with Gasteiger partial charge in [-0.15, -0.1) is 11.3 Å². The maximum atomic E-state index is 12.3. The molecule has 0 bridgehead atoms. The summed E-state index contributed by atoms with van der Waals surface area (Å²) in [4.78, 5) is 29.5. The van der Waals surface area contributed by atoms with Crippen LogP contribution in [0.2, 0.25) is 0 Å². The van der Waals surface area contributed by atoms with Crippen LogP contribution in [0.15, 0.2) is 11.5 Å². The van der Waals surface area contributed by atoms with Crippen molar-refractivity contribution in [2.24, 2.45) is 0 Å². The third kappa shape index (κ3) is 2.60. The maximum Gasteiger partial charge on any atom is 0.329 e. The number of rotatable bonds is 4. The minimum atomic E-state index is -1.04. The van der Waals surface area contributed by atoms with Gasteiger partial charge in [0.15, 0.2) is 0 Å². The van der Waals surface area contributed by atoms with Crippen LogP contribution in [0.3, 0.4) is 0 Å². The van der Waals surface area contributed by atoms with E-state index in [1.165, 1.54) is 22.3 Å². The Morgan fingerprint density at radius 3 is 2.90 bits per heavy atom. The fourth-order valence-corrected chi connectivity index (χ4v) is 3.23. The van der Waals surface area contributed by atoms with Gasteiger partial charge in [-0.2, -0.15) is 0 Å². The van der Waals surface area contributed by atoms with Crippen molar-refractivity contribution >= 4 is 29.3 Å². The summed E-state index contributed by atoms with van der Waals surface area (Å²) in [5, 5.41) is 12.2. The van der Waals surface area contributed by atoms with Crippen LogP contribution in [0.25, 0.3) is 6.08 Å². The van der Waals surface area contributed by atoms with Gasteiger partial charge < -0.3 is 10.0 Å². The van der Waals surface area contributed by atoms with Gasteiger partial charge in [-0.25, -0.2) is 9.78 Å². The zero-order valence-electron chi connectivity index (χ0n) is 11.6. The van der Waals surface area contributed by atoms with Crippen molar-refractivity contribution in [1.29, 1.82) is 0 Å². The van der Waals surface area contributed by atoms with E-state index in [1.807, 2.05) is 19.2 Å². The summed E-state index contributed by atoms with van der Waals surface area (Å²) in [6, 6.07) is 0. The third-order valence-corrected chi connectivity index (χ3v) is 4.56. The number of thiazole rings is 1. The Morgan fingerprint density at radius 2 is 2.35 bits per heavy atom. The van der Waals surface area contributed by atoms with Gasteiger partial charge in [0.05, 0.1) is 10.7 Å². The molecule has 1 aliphatic heterocycles. The number of carboxylic acids is 1. The van der Waals surface area contributed by atoms with E-state index < -0.39 is 11.5 Å². The number of carboxylic acid groups (broad SMARTS) is 1. The van der Waals surface area contributed by atoms with Crippen LogP contribution in [-0.4, -0.2) is 39.0 Å². The number of amides is 1. The highest BCUT2D eigenvalue weighted by atomic mass is 32.1. The van der Waals surface area contributed by atoms with E-state index in [0.717, 1.165) is 17.1 Å². The van der Waals surface area contributed by atoms with Crippen molar-refractivity contribution in [1.82, 2.24) is 9.88 Å². The molecule has 1 saturated heterocycles. The lowest BCUT2D eigenvalue weighted by Gasteiger charge is -2.33. The van der Waals surface area contributed by atoms with Crippen LogP contribution >= 0.6 is 11.3 Å². The highest BCUT2D eigenvalue weighted by molar-refractivity contribution is 7.09. The van der Waals surface area contributed by atoms with Crippen LogP contribution in [-0.2, 0) is 9.59 Å². The highest BCUT2D eigenvalue weighted by Crippen LogP contribution is 2.33. The second kappa shape index (κ2) is 5.75. The van der Waals surface area contributed by atoms with Gasteiger partial charge >= 0.3 is 5.97 Å². The molecule has 1 unspecified atom stereocenters. The van der Waals surface area contributed by atoms with Gasteiger partial charge in [0.1, 0.15) is 5.54 Å². The van der Waals surface area contributed by atoms with Gasteiger partial charge in [0.25, 0.3) is 0 Å². The number of aliphatic carboxylic acids is 1. The van der Waals surface area contributed by atoms with E-state index in [9.17, 15) is 14.7 Å². The molecule has 0 aromatic carbocycles. The first kappa shape index (κ1) is 14.7. The molecule has 0 radical (unpaired) electrons. The van der Waals surface area contributed by atoms with Gasteiger partial charge in [-0.3, -0.25) is 4.79 Å². The summed E-state index contributed by atoms with van der Waals surface area (Å²) in [6.07, 6.45) is 4.75. The zero-order chi connectivity index (χ0) is 14.8. The molecule has 2 heterocycles. The van der Waals surface area contributed by atoms with E-state index in [-0.39, 0.29) is 5.91 Å². The van der Waals surface area contributed by atoms with Crippen LogP contribution in [0.5, 0.6) is 0 Å². The third-order valence-electron chi connectivity index (χ3n) is 3.77. The van der Waals surface area contributed by atoms with E-state index in [0.29, 0.717) is 19.4 Å². The summed E-state index contributed by atoms with van der Waals surface area (Å²) < 4.78 is 0. The zero-order valence-corrected chi connectivity index (χ0v) is 12.4. The first-order valence-electron chi connectivity index (χ1n) is 6.65. The topological polar surface area (TPSA) is 70.5 Å². The molecule has 1 fully saturated rings. The fraction of sp³-hybridized carbons (Fsp3) is 0.500. The number of likely N-dealkylation sites (tertiary alicyclic amines) is 1. The smallest absolute Gasteiger partial charge is 0.329 e. The molecule has 6 heteroatoms. The molecule has 2 rings (SSSR count). The molecule has 0 aliphatic carbocycles. The molecule has 108 valence electrons. The lowest BCUT2D eigenvalue weighted by atomic mass is 9.93. The number of nitrogens with zero attached hydrogens (tertiary/aromatic N) is 2. The first-order valence-corrected chi connectivity index (χ1v) is 7.53. The first-order chi connectivity index (χ1) is 9.49. The average molecular weight is 294 g/mol. The second-order valence-corrected chi connectivity index (χ2v) is 5.97. The molecule has 1 aromatic heterocycles. The number of hydrogen-bond donors (Lipinski definition) is 1. The van der Waals surface area contributed by atoms with Crippen LogP contribution in [0.1, 0.15) is 36.9 Å². The summed E-state index contributed by atoms with van der Waals surface area (Å²) in [5.41, 5.74) is -0.308. The maximum absolute atomic E-state index is 12.3. The molecule has 1 N–H and O–H groups in total. The van der Waals surface area contributed by atoms with Crippen molar-refractivity contribution in [2.45, 2.75) is 38.6 Å². The van der Waals surface area contributed by atoms with Crippen molar-refractivity contribution < 1.29 is 14.7 Å². The Kier molecular flexibility index (Phi) is 4.23. The lowest BCUT2D eigenvalue weighted by Crippen LogP contribution is -2.52. The van der Waals surface area contributed by atoms with Gasteiger partial charge in [0, 0.05) is 18.0 Å². The molecular weight excluding hydrogens is 276 g/mol. The summed E-state index contributed by atoms with van der Waals surface area (Å²) in [5.74, 6) is -1.17. The normalized spacial score (nSPS) is 22.6. The Morgan fingerprint density at radius 1 is 1.60 bits per heavy atom. The highest BCUT2D eigenvalue weighted by Gasteiger charge is 2.47. The number of carbonyl (C=O) groups is 2. The van der Waals surface area contributed by atoms with E-state index in [2.05, 4.69) is 4.98 Å². The van der Waals surface area contributed by atoms with Crippen molar-refractivity contribution in [3.63, 3.8) is 0 Å². The molecule has 1 aliphatic rings. The largest absolute Gasteiger partial charge is 0.479 e. The summed E-state index contributed by atoms with van der Waals surface area (Å²) in [7, 11) is 0. The Hall–Kier alpha value is -1.69. The fourth-order valence-electron chi connectivity index (χ4n) is 2.64. The minimum absolute atomic E-state index is 0.252. The van der Waals surface area contributed by atoms with Crippen molar-refractivity contribution in [3.8, 4) is 0 Å². The number of aromatic nitrogens is 1. The molecular formula is C14H18N2O3S. The molecule has 0 saturated carbocycles. The molecule has 0 spiro atoms.